The minimum Gasteiger partial charge on any atom is -0.492 e. The van der Waals surface area contributed by atoms with Gasteiger partial charge in [0.15, 0.2) is 0 Å². The third-order valence-corrected chi connectivity index (χ3v) is 2.74. The Morgan fingerprint density at radius 2 is 1.79 bits per heavy atom. The monoisotopic (exact) mass is 264 g/mol. The van der Waals surface area contributed by atoms with E-state index >= 15 is 0 Å². The molecule has 0 spiro atoms. The summed E-state index contributed by atoms with van der Waals surface area (Å²) >= 11 is 0. The first-order chi connectivity index (χ1) is 9.13. The van der Waals surface area contributed by atoms with Gasteiger partial charge in [-0.2, -0.15) is 0 Å². The third kappa shape index (κ3) is 6.13. The summed E-state index contributed by atoms with van der Waals surface area (Å²) in [6.45, 7) is 8.01. The van der Waals surface area contributed by atoms with Crippen LogP contribution in [0.25, 0.3) is 0 Å². The molecule has 2 amide bonds. The molecule has 0 heterocycles. The van der Waals surface area contributed by atoms with E-state index in [-0.39, 0.29) is 6.03 Å². The highest BCUT2D eigenvalue weighted by Crippen LogP contribution is 2.18. The van der Waals surface area contributed by atoms with Gasteiger partial charge in [-0.25, -0.2) is 4.79 Å². The van der Waals surface area contributed by atoms with Crippen molar-refractivity contribution in [1.82, 2.24) is 10.6 Å². The van der Waals surface area contributed by atoms with Crippen molar-refractivity contribution in [3.8, 4) is 5.75 Å². The van der Waals surface area contributed by atoms with Crippen LogP contribution >= 0.6 is 0 Å². The van der Waals surface area contributed by atoms with Gasteiger partial charge >= 0.3 is 6.03 Å². The number of urea groups is 1. The second-order valence-electron chi connectivity index (χ2n) is 4.75. The highest BCUT2D eigenvalue weighted by molar-refractivity contribution is 5.73. The van der Waals surface area contributed by atoms with Crippen LogP contribution in [0.4, 0.5) is 4.79 Å². The van der Waals surface area contributed by atoms with Crippen LogP contribution < -0.4 is 15.4 Å². The van der Waals surface area contributed by atoms with E-state index < -0.39 is 0 Å². The molecule has 19 heavy (non-hydrogen) atoms. The second-order valence-corrected chi connectivity index (χ2v) is 4.75. The predicted molar refractivity (Wildman–Crippen MR) is 77.7 cm³/mol. The van der Waals surface area contributed by atoms with Crippen LogP contribution in [-0.4, -0.2) is 25.7 Å². The Balaban J connectivity index is 2.20. The van der Waals surface area contributed by atoms with Gasteiger partial charge in [-0.05, 0) is 30.0 Å². The minimum atomic E-state index is -0.138. The Bertz CT molecular complexity index is 374. The molecule has 0 fully saturated rings. The summed E-state index contributed by atoms with van der Waals surface area (Å²) in [6, 6.07) is 7.93. The molecule has 0 atom stereocenters. The lowest BCUT2D eigenvalue weighted by atomic mass is 10.0. The van der Waals surface area contributed by atoms with Crippen LogP contribution in [0.5, 0.6) is 5.75 Å². The first-order valence-electron chi connectivity index (χ1n) is 6.88. The highest BCUT2D eigenvalue weighted by atomic mass is 16.5. The number of rotatable bonds is 7. The maximum atomic E-state index is 11.3. The summed E-state index contributed by atoms with van der Waals surface area (Å²) in [7, 11) is 0. The van der Waals surface area contributed by atoms with E-state index in [1.807, 2.05) is 19.1 Å². The van der Waals surface area contributed by atoms with Crippen LogP contribution in [0.3, 0.4) is 0 Å². The SMILES string of the molecule is CCCNC(=O)NCCOc1ccc(C(C)C)cc1. The van der Waals surface area contributed by atoms with Gasteiger partial charge in [0.2, 0.25) is 0 Å². The minimum absolute atomic E-state index is 0.138. The smallest absolute Gasteiger partial charge is 0.314 e. The molecule has 0 saturated heterocycles. The largest absolute Gasteiger partial charge is 0.492 e. The zero-order chi connectivity index (χ0) is 14.1. The van der Waals surface area contributed by atoms with Gasteiger partial charge in [0, 0.05) is 6.54 Å². The number of hydrogen-bond acceptors (Lipinski definition) is 2. The average molecular weight is 264 g/mol. The Kier molecular flexibility index (Phi) is 6.79. The van der Waals surface area contributed by atoms with Gasteiger partial charge < -0.3 is 15.4 Å². The lowest BCUT2D eigenvalue weighted by molar-refractivity contribution is 0.236. The van der Waals surface area contributed by atoms with Crippen molar-refractivity contribution in [2.45, 2.75) is 33.1 Å². The van der Waals surface area contributed by atoms with E-state index in [0.717, 1.165) is 12.2 Å². The Labute approximate surface area is 115 Å². The average Bonchev–Trinajstić information content (AvgIpc) is 2.41. The molecule has 1 rings (SSSR count). The van der Waals surface area contributed by atoms with Crippen LogP contribution in [-0.2, 0) is 0 Å². The molecular formula is C15H24N2O2. The molecule has 0 aliphatic carbocycles. The van der Waals surface area contributed by atoms with E-state index in [1.165, 1.54) is 5.56 Å². The summed E-state index contributed by atoms with van der Waals surface area (Å²) in [5.74, 6) is 1.36. The Hall–Kier alpha value is -1.71. The molecular weight excluding hydrogens is 240 g/mol. The Morgan fingerprint density at radius 1 is 1.16 bits per heavy atom. The normalized spacial score (nSPS) is 10.3. The summed E-state index contributed by atoms with van der Waals surface area (Å²) in [6.07, 6.45) is 0.937. The molecule has 1 aromatic carbocycles. The molecule has 0 saturated carbocycles. The van der Waals surface area contributed by atoms with E-state index in [1.54, 1.807) is 0 Å². The number of carbonyl (C=O) groups excluding carboxylic acids is 1. The van der Waals surface area contributed by atoms with E-state index in [4.69, 9.17) is 4.74 Å². The number of benzene rings is 1. The molecule has 106 valence electrons. The lowest BCUT2D eigenvalue weighted by Crippen LogP contribution is -2.37. The number of hydrogen-bond donors (Lipinski definition) is 2. The van der Waals surface area contributed by atoms with Crippen molar-refractivity contribution < 1.29 is 9.53 Å². The molecule has 0 bridgehead atoms. The van der Waals surface area contributed by atoms with Crippen LogP contribution in [0.2, 0.25) is 0 Å². The van der Waals surface area contributed by atoms with Gasteiger partial charge in [-0.3, -0.25) is 0 Å². The summed E-state index contributed by atoms with van der Waals surface area (Å²) < 4.78 is 5.55. The van der Waals surface area contributed by atoms with Gasteiger partial charge in [0.05, 0.1) is 6.54 Å². The third-order valence-electron chi connectivity index (χ3n) is 2.74. The maximum Gasteiger partial charge on any atom is 0.314 e. The molecule has 4 heteroatoms. The molecule has 0 aliphatic heterocycles. The van der Waals surface area contributed by atoms with Gasteiger partial charge in [-0.1, -0.05) is 32.9 Å². The van der Waals surface area contributed by atoms with Crippen molar-refractivity contribution >= 4 is 6.03 Å². The quantitative estimate of drug-likeness (QED) is 0.744. The number of ether oxygens (including phenoxy) is 1. The summed E-state index contributed by atoms with van der Waals surface area (Å²) in [4.78, 5) is 11.3. The van der Waals surface area contributed by atoms with Crippen LogP contribution in [0.15, 0.2) is 24.3 Å². The van der Waals surface area contributed by atoms with E-state index in [0.29, 0.717) is 25.6 Å². The first kappa shape index (κ1) is 15.3. The molecule has 2 N–H and O–H groups in total. The topological polar surface area (TPSA) is 50.4 Å². The van der Waals surface area contributed by atoms with Gasteiger partial charge in [0.1, 0.15) is 12.4 Å². The standard InChI is InChI=1S/C15H24N2O2/c1-4-9-16-15(18)17-10-11-19-14-7-5-13(6-8-14)12(2)3/h5-8,12H,4,9-11H2,1-3H3,(H2,16,17,18). The number of nitrogens with one attached hydrogen (secondary N) is 2. The molecule has 0 unspecified atom stereocenters. The van der Waals surface area contributed by atoms with Gasteiger partial charge in [0.25, 0.3) is 0 Å². The highest BCUT2D eigenvalue weighted by Gasteiger charge is 2.00. The fraction of sp³-hybridized carbons (Fsp3) is 0.533. The number of amides is 2. The van der Waals surface area contributed by atoms with Crippen molar-refractivity contribution in [1.29, 1.82) is 0 Å². The first-order valence-corrected chi connectivity index (χ1v) is 6.88. The molecule has 0 radical (unpaired) electrons. The van der Waals surface area contributed by atoms with Crippen molar-refractivity contribution in [2.24, 2.45) is 0 Å². The predicted octanol–water partition coefficient (Wildman–Crippen LogP) is 2.90. The number of carbonyl (C=O) groups is 1. The summed E-state index contributed by atoms with van der Waals surface area (Å²) in [5, 5.41) is 5.49. The second kappa shape index (κ2) is 8.40. The maximum absolute atomic E-state index is 11.3. The molecule has 4 nitrogen and oxygen atoms in total. The summed E-state index contributed by atoms with van der Waals surface area (Å²) in [5.41, 5.74) is 1.30. The molecule has 1 aromatic rings. The van der Waals surface area contributed by atoms with Gasteiger partial charge in [-0.15, -0.1) is 0 Å². The fourth-order valence-corrected chi connectivity index (χ4v) is 1.58. The Morgan fingerprint density at radius 3 is 2.37 bits per heavy atom. The zero-order valence-electron chi connectivity index (χ0n) is 12.0. The fourth-order valence-electron chi connectivity index (χ4n) is 1.58. The van der Waals surface area contributed by atoms with Crippen LogP contribution in [0, 0.1) is 0 Å². The molecule has 0 aromatic heterocycles. The van der Waals surface area contributed by atoms with Crippen molar-refractivity contribution in [2.75, 3.05) is 19.7 Å². The van der Waals surface area contributed by atoms with E-state index in [2.05, 4.69) is 36.6 Å². The molecule has 0 aliphatic rings. The lowest BCUT2D eigenvalue weighted by Gasteiger charge is -2.10. The van der Waals surface area contributed by atoms with Crippen LogP contribution in [0.1, 0.15) is 38.7 Å². The van der Waals surface area contributed by atoms with Crippen molar-refractivity contribution in [3.63, 3.8) is 0 Å². The van der Waals surface area contributed by atoms with E-state index in [9.17, 15) is 4.79 Å². The van der Waals surface area contributed by atoms with Crippen molar-refractivity contribution in [3.05, 3.63) is 29.8 Å². The zero-order valence-corrected chi connectivity index (χ0v) is 12.0.